The Hall–Kier alpha value is -2.22. The van der Waals surface area contributed by atoms with E-state index in [1.165, 1.54) is 27.9 Å². The third-order valence-electron chi connectivity index (χ3n) is 4.74. The average molecular weight is 306 g/mol. The lowest BCUT2D eigenvalue weighted by Crippen LogP contribution is -2.45. The molecule has 1 aliphatic heterocycles. The van der Waals surface area contributed by atoms with E-state index in [-0.39, 0.29) is 0 Å². The van der Waals surface area contributed by atoms with Gasteiger partial charge in [-0.3, -0.25) is 0 Å². The van der Waals surface area contributed by atoms with E-state index in [1.807, 2.05) is 0 Å². The molecule has 3 rings (SSSR count). The first-order valence-corrected chi connectivity index (χ1v) is 8.38. The van der Waals surface area contributed by atoms with Crippen LogP contribution in [-0.2, 0) is 0 Å². The molecule has 0 aromatic heterocycles. The molecule has 23 heavy (non-hydrogen) atoms. The maximum absolute atomic E-state index is 4.31. The van der Waals surface area contributed by atoms with Crippen LogP contribution in [0.4, 0.5) is 5.69 Å². The fraction of sp³-hybridized carbons (Fsp3) is 0.333. The van der Waals surface area contributed by atoms with Gasteiger partial charge in [-0.15, -0.1) is 0 Å². The van der Waals surface area contributed by atoms with Gasteiger partial charge in [0.05, 0.1) is 0 Å². The maximum Gasteiger partial charge on any atom is 0.0397 e. The molecular formula is C21H26N2. The van der Waals surface area contributed by atoms with Crippen molar-refractivity contribution < 1.29 is 0 Å². The molecule has 0 bridgehead atoms. The number of rotatable bonds is 3. The van der Waals surface area contributed by atoms with E-state index in [0.717, 1.165) is 31.9 Å². The molecule has 1 fully saturated rings. The predicted molar refractivity (Wildman–Crippen MR) is 99.9 cm³/mol. The summed E-state index contributed by atoms with van der Waals surface area (Å²) >= 11 is 0. The summed E-state index contributed by atoms with van der Waals surface area (Å²) in [7, 11) is 0. The minimum absolute atomic E-state index is 1.03. The highest BCUT2D eigenvalue weighted by Gasteiger charge is 2.19. The first-order chi connectivity index (χ1) is 11.0. The highest BCUT2D eigenvalue weighted by molar-refractivity contribution is 5.63. The molecule has 2 nitrogen and oxygen atoms in total. The van der Waals surface area contributed by atoms with Gasteiger partial charge in [0.15, 0.2) is 0 Å². The monoisotopic (exact) mass is 306 g/mol. The number of hydrogen-bond donors (Lipinski definition) is 0. The van der Waals surface area contributed by atoms with E-state index in [2.05, 4.69) is 79.6 Å². The van der Waals surface area contributed by atoms with E-state index in [4.69, 9.17) is 0 Å². The molecule has 2 aromatic rings. The standard InChI is InChI=1S/C21H26N2/c1-16-5-8-20(9-6-16)19(4)22-11-13-23(14-12-22)21-10-7-17(2)15-18(21)3/h5-10,15H,4,11-14H2,1-3H3. The summed E-state index contributed by atoms with van der Waals surface area (Å²) in [6, 6.07) is 15.4. The Kier molecular flexibility index (Phi) is 4.42. The lowest BCUT2D eigenvalue weighted by atomic mass is 10.1. The van der Waals surface area contributed by atoms with Crippen LogP contribution in [0.3, 0.4) is 0 Å². The number of aryl methyl sites for hydroxylation is 3. The van der Waals surface area contributed by atoms with E-state index >= 15 is 0 Å². The minimum Gasteiger partial charge on any atom is -0.368 e. The van der Waals surface area contributed by atoms with Crippen LogP contribution in [0.5, 0.6) is 0 Å². The molecule has 0 N–H and O–H groups in total. The summed E-state index contributed by atoms with van der Waals surface area (Å²) in [6.45, 7) is 15.0. The Balaban J connectivity index is 1.66. The van der Waals surface area contributed by atoms with Gasteiger partial charge >= 0.3 is 0 Å². The van der Waals surface area contributed by atoms with Crippen LogP contribution in [0.2, 0.25) is 0 Å². The Morgan fingerprint density at radius 3 is 2.04 bits per heavy atom. The number of hydrogen-bond acceptors (Lipinski definition) is 2. The zero-order valence-corrected chi connectivity index (χ0v) is 14.5. The van der Waals surface area contributed by atoms with Gasteiger partial charge in [-0.05, 0) is 38.0 Å². The summed E-state index contributed by atoms with van der Waals surface area (Å²) in [5.41, 5.74) is 7.74. The van der Waals surface area contributed by atoms with Crippen molar-refractivity contribution in [3.63, 3.8) is 0 Å². The summed E-state index contributed by atoms with van der Waals surface area (Å²) < 4.78 is 0. The topological polar surface area (TPSA) is 6.48 Å². The number of nitrogens with zero attached hydrogens (tertiary/aromatic N) is 2. The minimum atomic E-state index is 1.03. The van der Waals surface area contributed by atoms with Gasteiger partial charge in [0.25, 0.3) is 0 Å². The van der Waals surface area contributed by atoms with Crippen LogP contribution in [-0.4, -0.2) is 31.1 Å². The average Bonchev–Trinajstić information content (AvgIpc) is 2.55. The van der Waals surface area contributed by atoms with Gasteiger partial charge in [-0.2, -0.15) is 0 Å². The Morgan fingerprint density at radius 1 is 0.826 bits per heavy atom. The van der Waals surface area contributed by atoms with Crippen molar-refractivity contribution in [1.82, 2.24) is 4.90 Å². The zero-order chi connectivity index (χ0) is 16.4. The molecule has 0 atom stereocenters. The van der Waals surface area contributed by atoms with E-state index in [9.17, 15) is 0 Å². The second-order valence-electron chi connectivity index (χ2n) is 6.58. The van der Waals surface area contributed by atoms with E-state index in [0.29, 0.717) is 0 Å². The van der Waals surface area contributed by atoms with Crippen LogP contribution in [0.1, 0.15) is 22.3 Å². The summed E-state index contributed by atoms with van der Waals surface area (Å²) in [4.78, 5) is 4.90. The van der Waals surface area contributed by atoms with Crippen molar-refractivity contribution in [2.45, 2.75) is 20.8 Å². The quantitative estimate of drug-likeness (QED) is 0.829. The van der Waals surface area contributed by atoms with E-state index < -0.39 is 0 Å². The van der Waals surface area contributed by atoms with Crippen molar-refractivity contribution in [3.8, 4) is 0 Å². The summed E-state index contributed by atoms with van der Waals surface area (Å²) in [5, 5.41) is 0. The zero-order valence-electron chi connectivity index (χ0n) is 14.5. The van der Waals surface area contributed by atoms with Crippen LogP contribution in [0, 0.1) is 20.8 Å². The molecule has 0 radical (unpaired) electrons. The SMILES string of the molecule is C=C(c1ccc(C)cc1)N1CCN(c2ccc(C)cc2C)CC1. The second kappa shape index (κ2) is 6.49. The van der Waals surface area contributed by atoms with Gasteiger partial charge in [-0.25, -0.2) is 0 Å². The van der Waals surface area contributed by atoms with Crippen molar-refractivity contribution in [2.75, 3.05) is 31.1 Å². The molecule has 120 valence electrons. The third kappa shape index (κ3) is 3.42. The fourth-order valence-corrected chi connectivity index (χ4v) is 3.31. The number of anilines is 1. The van der Waals surface area contributed by atoms with Gasteiger partial charge in [0.1, 0.15) is 0 Å². The van der Waals surface area contributed by atoms with Crippen molar-refractivity contribution in [1.29, 1.82) is 0 Å². The van der Waals surface area contributed by atoms with Crippen molar-refractivity contribution in [3.05, 3.63) is 71.3 Å². The van der Waals surface area contributed by atoms with E-state index in [1.54, 1.807) is 0 Å². The summed E-state index contributed by atoms with van der Waals surface area (Å²) in [6.07, 6.45) is 0. The molecule has 2 heteroatoms. The Labute approximate surface area is 140 Å². The Bertz CT molecular complexity index is 692. The number of benzene rings is 2. The van der Waals surface area contributed by atoms with Crippen molar-refractivity contribution in [2.24, 2.45) is 0 Å². The molecule has 0 aliphatic carbocycles. The van der Waals surface area contributed by atoms with Crippen LogP contribution in [0.25, 0.3) is 5.70 Å². The number of piperazine rings is 1. The fourth-order valence-electron chi connectivity index (χ4n) is 3.31. The molecule has 0 saturated carbocycles. The van der Waals surface area contributed by atoms with Gasteiger partial charge in [0, 0.05) is 37.6 Å². The molecule has 1 saturated heterocycles. The van der Waals surface area contributed by atoms with Crippen LogP contribution >= 0.6 is 0 Å². The lowest BCUT2D eigenvalue weighted by Gasteiger charge is -2.39. The van der Waals surface area contributed by atoms with Gasteiger partial charge in [0.2, 0.25) is 0 Å². The van der Waals surface area contributed by atoms with Gasteiger partial charge in [-0.1, -0.05) is 54.1 Å². The molecule has 0 amide bonds. The van der Waals surface area contributed by atoms with Crippen LogP contribution in [0.15, 0.2) is 49.0 Å². The molecular weight excluding hydrogens is 280 g/mol. The Morgan fingerprint density at radius 2 is 1.43 bits per heavy atom. The highest BCUT2D eigenvalue weighted by Crippen LogP contribution is 2.25. The summed E-state index contributed by atoms with van der Waals surface area (Å²) in [5.74, 6) is 0. The second-order valence-corrected chi connectivity index (χ2v) is 6.58. The normalized spacial score (nSPS) is 14.9. The van der Waals surface area contributed by atoms with Gasteiger partial charge < -0.3 is 9.80 Å². The largest absolute Gasteiger partial charge is 0.368 e. The third-order valence-corrected chi connectivity index (χ3v) is 4.74. The predicted octanol–water partition coefficient (Wildman–Crippen LogP) is 4.40. The first kappa shape index (κ1) is 15.7. The van der Waals surface area contributed by atoms with Crippen LogP contribution < -0.4 is 4.90 Å². The maximum atomic E-state index is 4.31. The molecule has 2 aromatic carbocycles. The molecule has 1 aliphatic rings. The highest BCUT2D eigenvalue weighted by atomic mass is 15.3. The van der Waals surface area contributed by atoms with Crippen molar-refractivity contribution >= 4 is 11.4 Å². The molecule has 1 heterocycles. The first-order valence-electron chi connectivity index (χ1n) is 8.38. The molecule has 0 unspecified atom stereocenters. The smallest absolute Gasteiger partial charge is 0.0397 e. The lowest BCUT2D eigenvalue weighted by molar-refractivity contribution is 0.368. The molecule has 0 spiro atoms.